The molecular weight excluding hydrogens is 360 g/mol. The Labute approximate surface area is 172 Å². The average molecular weight is 391 g/mol. The third kappa shape index (κ3) is 2.78. The predicted molar refractivity (Wildman–Crippen MR) is 113 cm³/mol. The fraction of sp³-hybridized carbons (Fsp3) is 0.500. The molecule has 3 aliphatic rings. The molecule has 0 radical (unpaired) electrons. The predicted octanol–water partition coefficient (Wildman–Crippen LogP) is 5.03. The maximum absolute atomic E-state index is 11.8. The summed E-state index contributed by atoms with van der Waals surface area (Å²) in [5.74, 6) is 1.61. The molecule has 2 fully saturated rings. The van der Waals surface area contributed by atoms with Crippen molar-refractivity contribution < 1.29 is 15.0 Å². The van der Waals surface area contributed by atoms with Crippen molar-refractivity contribution in [1.29, 1.82) is 0 Å². The van der Waals surface area contributed by atoms with Crippen molar-refractivity contribution in [1.82, 2.24) is 0 Å². The van der Waals surface area contributed by atoms with Gasteiger partial charge in [-0.05, 0) is 90.5 Å². The molecule has 152 valence electrons. The first-order chi connectivity index (χ1) is 13.9. The Morgan fingerprint density at radius 3 is 2.66 bits per heavy atom. The van der Waals surface area contributed by atoms with Crippen LogP contribution < -0.4 is 0 Å². The van der Waals surface area contributed by atoms with Gasteiger partial charge in [0.1, 0.15) is 5.75 Å². The van der Waals surface area contributed by atoms with Crippen LogP contribution in [0.5, 0.6) is 5.75 Å². The zero-order chi connectivity index (χ0) is 20.2. The van der Waals surface area contributed by atoms with Gasteiger partial charge in [-0.3, -0.25) is 4.79 Å². The molecule has 0 unspecified atom stereocenters. The molecule has 0 saturated heterocycles. The lowest BCUT2D eigenvalue weighted by Gasteiger charge is -2.53. The molecule has 0 spiro atoms. The number of aliphatic hydroxyl groups is 1. The number of fused-ring (bicyclic) bond motifs is 5. The van der Waals surface area contributed by atoms with E-state index in [0.717, 1.165) is 51.2 Å². The maximum Gasteiger partial charge on any atom is 0.153 e. The molecule has 0 amide bonds. The van der Waals surface area contributed by atoms with E-state index in [1.54, 1.807) is 0 Å². The second kappa shape index (κ2) is 6.70. The van der Waals surface area contributed by atoms with Gasteiger partial charge >= 0.3 is 0 Å². The molecule has 2 aromatic carbocycles. The van der Waals surface area contributed by atoms with Crippen molar-refractivity contribution >= 4 is 6.29 Å². The van der Waals surface area contributed by atoms with Gasteiger partial charge in [0.05, 0.1) is 11.2 Å². The standard InChI is InChI=1S/C26H30O3/c1-25-11-9-20-21(8-7-18-14-24(28)19(16-27)13-22(18)20)23(25)10-12-26(25,29)15-17-5-3-2-4-6-17/h2-6,13-14,16,20-21,23,28-29H,7-12,15H2,1H3/t20-,21+,23-,25-,26+/m0/s1. The van der Waals surface area contributed by atoms with Crippen LogP contribution in [0.15, 0.2) is 42.5 Å². The van der Waals surface area contributed by atoms with E-state index in [0.29, 0.717) is 23.3 Å². The fourth-order valence-electron chi connectivity index (χ4n) is 7.05. The Kier molecular flexibility index (Phi) is 4.36. The minimum absolute atomic E-state index is 0.0636. The van der Waals surface area contributed by atoms with Crippen LogP contribution in [-0.2, 0) is 12.8 Å². The molecule has 0 heterocycles. The SMILES string of the molecule is C[C@]12CC[C@@H]3c4cc(C=O)c(O)cc4CC[C@H]3[C@@H]1CC[C@@]2(O)Cc1ccccc1. The number of phenols is 1. The van der Waals surface area contributed by atoms with Crippen molar-refractivity contribution in [2.75, 3.05) is 0 Å². The summed E-state index contributed by atoms with van der Waals surface area (Å²) in [7, 11) is 0. The minimum Gasteiger partial charge on any atom is -0.507 e. The van der Waals surface area contributed by atoms with Crippen LogP contribution in [0.1, 0.15) is 72.0 Å². The largest absolute Gasteiger partial charge is 0.507 e. The van der Waals surface area contributed by atoms with Gasteiger partial charge in [-0.2, -0.15) is 0 Å². The van der Waals surface area contributed by atoms with Crippen molar-refractivity contribution in [3.8, 4) is 5.75 Å². The van der Waals surface area contributed by atoms with Gasteiger partial charge < -0.3 is 10.2 Å². The average Bonchev–Trinajstić information content (AvgIpc) is 2.98. The lowest BCUT2D eigenvalue weighted by molar-refractivity contribution is -0.102. The summed E-state index contributed by atoms with van der Waals surface area (Å²) < 4.78 is 0. The molecule has 5 atom stereocenters. The van der Waals surface area contributed by atoms with Gasteiger partial charge in [-0.15, -0.1) is 0 Å². The van der Waals surface area contributed by atoms with E-state index >= 15 is 0 Å². The maximum atomic E-state index is 11.8. The summed E-state index contributed by atoms with van der Waals surface area (Å²) in [6.45, 7) is 2.33. The van der Waals surface area contributed by atoms with E-state index in [4.69, 9.17) is 0 Å². The Hall–Kier alpha value is -2.13. The van der Waals surface area contributed by atoms with Crippen LogP contribution in [0.2, 0.25) is 0 Å². The zero-order valence-corrected chi connectivity index (χ0v) is 17.1. The lowest BCUT2D eigenvalue weighted by Crippen LogP contribution is -2.51. The number of aryl methyl sites for hydroxylation is 1. The molecule has 3 aliphatic carbocycles. The first-order valence-electron chi connectivity index (χ1n) is 11.0. The second-order valence-corrected chi connectivity index (χ2v) is 9.83. The number of aldehydes is 1. The zero-order valence-electron chi connectivity index (χ0n) is 17.1. The number of hydrogen-bond acceptors (Lipinski definition) is 3. The molecular formula is C26H30O3. The Bertz CT molecular complexity index is 936. The van der Waals surface area contributed by atoms with Gasteiger partial charge in [-0.25, -0.2) is 0 Å². The van der Waals surface area contributed by atoms with E-state index in [1.807, 2.05) is 18.2 Å². The molecule has 0 aliphatic heterocycles. The highest BCUT2D eigenvalue weighted by molar-refractivity contribution is 5.80. The fourth-order valence-corrected chi connectivity index (χ4v) is 7.05. The molecule has 2 aromatic rings. The second-order valence-electron chi connectivity index (χ2n) is 9.83. The Balaban J connectivity index is 1.47. The van der Waals surface area contributed by atoms with Gasteiger partial charge in [0, 0.05) is 6.42 Å². The van der Waals surface area contributed by atoms with Crippen molar-refractivity contribution in [3.05, 3.63) is 64.7 Å². The van der Waals surface area contributed by atoms with E-state index in [-0.39, 0.29) is 11.2 Å². The number of benzene rings is 2. The molecule has 29 heavy (non-hydrogen) atoms. The van der Waals surface area contributed by atoms with E-state index in [2.05, 4.69) is 31.2 Å². The third-order valence-electron chi connectivity index (χ3n) is 8.66. The number of aromatic hydroxyl groups is 1. The molecule has 0 aromatic heterocycles. The smallest absolute Gasteiger partial charge is 0.153 e. The molecule has 5 rings (SSSR count). The van der Waals surface area contributed by atoms with Crippen LogP contribution in [0.3, 0.4) is 0 Å². The Morgan fingerprint density at radius 2 is 1.90 bits per heavy atom. The lowest BCUT2D eigenvalue weighted by atomic mass is 9.52. The number of carbonyl (C=O) groups excluding carboxylic acids is 1. The Morgan fingerprint density at radius 1 is 1.10 bits per heavy atom. The molecule has 2 saturated carbocycles. The summed E-state index contributed by atoms with van der Waals surface area (Å²) >= 11 is 0. The van der Waals surface area contributed by atoms with Gasteiger partial charge in [0.25, 0.3) is 0 Å². The highest BCUT2D eigenvalue weighted by Gasteiger charge is 2.61. The normalized spacial score (nSPS) is 35.4. The van der Waals surface area contributed by atoms with E-state index in [9.17, 15) is 15.0 Å². The summed E-state index contributed by atoms with van der Waals surface area (Å²) in [5.41, 5.74) is 3.39. The van der Waals surface area contributed by atoms with Gasteiger partial charge in [0.2, 0.25) is 0 Å². The molecule has 2 N–H and O–H groups in total. The van der Waals surface area contributed by atoms with Crippen LogP contribution >= 0.6 is 0 Å². The number of rotatable bonds is 3. The highest BCUT2D eigenvalue weighted by atomic mass is 16.3. The summed E-state index contributed by atoms with van der Waals surface area (Å²) in [6, 6.07) is 14.1. The van der Waals surface area contributed by atoms with Crippen molar-refractivity contribution in [2.24, 2.45) is 17.3 Å². The topological polar surface area (TPSA) is 57.5 Å². The van der Waals surface area contributed by atoms with Crippen LogP contribution in [-0.4, -0.2) is 22.1 Å². The van der Waals surface area contributed by atoms with Crippen molar-refractivity contribution in [2.45, 2.75) is 63.4 Å². The van der Waals surface area contributed by atoms with Crippen LogP contribution in [0.25, 0.3) is 0 Å². The monoisotopic (exact) mass is 390 g/mol. The summed E-state index contributed by atoms with van der Waals surface area (Å²) in [5, 5.41) is 21.9. The van der Waals surface area contributed by atoms with Crippen LogP contribution in [0, 0.1) is 17.3 Å². The van der Waals surface area contributed by atoms with Crippen molar-refractivity contribution in [3.63, 3.8) is 0 Å². The first kappa shape index (κ1) is 18.9. The third-order valence-corrected chi connectivity index (χ3v) is 8.66. The van der Waals surface area contributed by atoms with E-state index < -0.39 is 5.60 Å². The number of phenolic OH excluding ortho intramolecular Hbond substituents is 1. The van der Waals surface area contributed by atoms with Crippen LogP contribution in [0.4, 0.5) is 0 Å². The number of hydrogen-bond donors (Lipinski definition) is 2. The number of carbonyl (C=O) groups is 1. The molecule has 3 nitrogen and oxygen atoms in total. The van der Waals surface area contributed by atoms with E-state index in [1.165, 1.54) is 16.7 Å². The molecule has 0 bridgehead atoms. The van der Waals surface area contributed by atoms with Gasteiger partial charge in [0.15, 0.2) is 6.29 Å². The summed E-state index contributed by atoms with van der Waals surface area (Å²) in [6.07, 6.45) is 7.57. The summed E-state index contributed by atoms with van der Waals surface area (Å²) in [4.78, 5) is 11.4. The highest BCUT2D eigenvalue weighted by Crippen LogP contribution is 2.65. The minimum atomic E-state index is -0.646. The quantitative estimate of drug-likeness (QED) is 0.722. The first-order valence-corrected chi connectivity index (χ1v) is 11.0. The van der Waals surface area contributed by atoms with Gasteiger partial charge in [-0.1, -0.05) is 37.3 Å². The molecule has 3 heteroatoms.